The van der Waals surface area contributed by atoms with Crippen molar-refractivity contribution in [3.05, 3.63) is 28.8 Å². The van der Waals surface area contributed by atoms with Crippen LogP contribution in [0.2, 0.25) is 5.02 Å². The number of primary amides is 1. The van der Waals surface area contributed by atoms with Crippen molar-refractivity contribution in [2.24, 2.45) is 16.1 Å². The summed E-state index contributed by atoms with van der Waals surface area (Å²) in [5, 5.41) is 6.40. The van der Waals surface area contributed by atoms with Crippen molar-refractivity contribution in [1.29, 1.82) is 0 Å². The van der Waals surface area contributed by atoms with Gasteiger partial charge in [0.25, 0.3) is 0 Å². The van der Waals surface area contributed by atoms with Crippen LogP contribution in [0.3, 0.4) is 0 Å². The molecule has 0 spiro atoms. The van der Waals surface area contributed by atoms with E-state index in [1.807, 2.05) is 6.92 Å². The van der Waals surface area contributed by atoms with E-state index in [0.717, 1.165) is 0 Å². The van der Waals surface area contributed by atoms with Gasteiger partial charge in [-0.2, -0.15) is 8.78 Å². The highest BCUT2D eigenvalue weighted by molar-refractivity contribution is 14.0. The number of nitrogens with two attached hydrogens (primary N) is 1. The molecule has 0 fully saturated rings. The van der Waals surface area contributed by atoms with E-state index in [1.165, 1.54) is 18.2 Å². The van der Waals surface area contributed by atoms with Gasteiger partial charge in [-0.3, -0.25) is 4.79 Å². The van der Waals surface area contributed by atoms with Gasteiger partial charge in [0.15, 0.2) is 5.96 Å². The molecule has 4 N–H and O–H groups in total. The predicted molar refractivity (Wildman–Crippen MR) is 109 cm³/mol. The maximum Gasteiger partial charge on any atom is 0.387 e. The van der Waals surface area contributed by atoms with Gasteiger partial charge < -0.3 is 21.1 Å². The van der Waals surface area contributed by atoms with Gasteiger partial charge in [-0.15, -0.1) is 24.0 Å². The summed E-state index contributed by atoms with van der Waals surface area (Å²) in [5.41, 5.74) is 4.99. The van der Waals surface area contributed by atoms with Gasteiger partial charge in [0.05, 0.1) is 12.0 Å². The fraction of sp³-hybridized carbons (Fsp3) is 0.500. The smallest absolute Gasteiger partial charge is 0.387 e. The second-order valence-electron chi connectivity index (χ2n) is 5.93. The van der Waals surface area contributed by atoms with Gasteiger partial charge in [-0.1, -0.05) is 11.6 Å². The van der Waals surface area contributed by atoms with Crippen LogP contribution in [0.1, 0.15) is 26.3 Å². The molecule has 148 valence electrons. The third-order valence-electron chi connectivity index (χ3n) is 3.36. The summed E-state index contributed by atoms with van der Waals surface area (Å²) in [6, 6.07) is 4.35. The zero-order valence-electron chi connectivity index (χ0n) is 14.8. The van der Waals surface area contributed by atoms with E-state index in [1.54, 1.807) is 13.8 Å². The van der Waals surface area contributed by atoms with Crippen LogP contribution in [-0.2, 0) is 11.3 Å². The van der Waals surface area contributed by atoms with Gasteiger partial charge in [-0.25, -0.2) is 4.99 Å². The Hall–Kier alpha value is -1.36. The minimum atomic E-state index is -2.94. The van der Waals surface area contributed by atoms with E-state index in [9.17, 15) is 13.6 Å². The van der Waals surface area contributed by atoms with Crippen molar-refractivity contribution in [1.82, 2.24) is 10.6 Å². The number of hydrogen-bond donors (Lipinski definition) is 3. The maximum absolute atomic E-state index is 12.5. The Bertz CT molecular complexity index is 630. The number of guanidine groups is 1. The first kappa shape index (κ1) is 24.6. The lowest BCUT2D eigenvalue weighted by atomic mass is 9.93. The van der Waals surface area contributed by atoms with Gasteiger partial charge in [-0.05, 0) is 39.0 Å². The zero-order valence-corrected chi connectivity index (χ0v) is 17.9. The number of halogens is 4. The second kappa shape index (κ2) is 11.4. The molecule has 6 nitrogen and oxygen atoms in total. The monoisotopic (exact) mass is 504 g/mol. The topological polar surface area (TPSA) is 88.7 Å². The van der Waals surface area contributed by atoms with Crippen molar-refractivity contribution in [3.8, 4) is 5.75 Å². The molecule has 0 saturated carbocycles. The van der Waals surface area contributed by atoms with Crippen molar-refractivity contribution in [3.63, 3.8) is 0 Å². The largest absolute Gasteiger partial charge is 0.434 e. The van der Waals surface area contributed by atoms with Gasteiger partial charge in [0, 0.05) is 23.7 Å². The van der Waals surface area contributed by atoms with Gasteiger partial charge >= 0.3 is 6.61 Å². The summed E-state index contributed by atoms with van der Waals surface area (Å²) in [7, 11) is 0. The summed E-state index contributed by atoms with van der Waals surface area (Å²) >= 11 is 5.91. The molecule has 26 heavy (non-hydrogen) atoms. The Balaban J connectivity index is 0.00000625. The molecule has 1 rings (SSSR count). The molecular weight excluding hydrogens is 481 g/mol. The van der Waals surface area contributed by atoms with E-state index in [0.29, 0.717) is 23.1 Å². The molecule has 0 aliphatic rings. The molecule has 0 aromatic heterocycles. The Morgan fingerprint density at radius 3 is 2.58 bits per heavy atom. The second-order valence-corrected chi connectivity index (χ2v) is 6.36. The third-order valence-corrected chi connectivity index (χ3v) is 3.59. The van der Waals surface area contributed by atoms with E-state index >= 15 is 0 Å². The van der Waals surface area contributed by atoms with E-state index < -0.39 is 17.9 Å². The SMILES string of the molecule is CCNC(=NCc1cc(Cl)ccc1OC(F)F)NCC(C)(C)C(N)=O.I. The summed E-state index contributed by atoms with van der Waals surface area (Å²) in [6.07, 6.45) is 0. The molecule has 1 aromatic carbocycles. The highest BCUT2D eigenvalue weighted by atomic mass is 127. The number of alkyl halides is 2. The van der Waals surface area contributed by atoms with Gasteiger partial charge in [0.2, 0.25) is 5.91 Å². The first-order chi connectivity index (χ1) is 11.7. The Morgan fingerprint density at radius 1 is 1.38 bits per heavy atom. The molecule has 0 unspecified atom stereocenters. The fourth-order valence-corrected chi connectivity index (χ4v) is 1.98. The lowest BCUT2D eigenvalue weighted by Gasteiger charge is -2.22. The highest BCUT2D eigenvalue weighted by Crippen LogP contribution is 2.25. The number of amides is 1. The van der Waals surface area contributed by atoms with Crippen LogP contribution >= 0.6 is 35.6 Å². The van der Waals surface area contributed by atoms with Crippen LogP contribution in [0.25, 0.3) is 0 Å². The van der Waals surface area contributed by atoms with Crippen molar-refractivity contribution in [2.45, 2.75) is 33.9 Å². The molecule has 1 aromatic rings. The number of hydrogen-bond acceptors (Lipinski definition) is 3. The number of ether oxygens (including phenoxy) is 1. The van der Waals surface area contributed by atoms with Crippen LogP contribution in [0.15, 0.2) is 23.2 Å². The number of nitrogens with zero attached hydrogens (tertiary/aromatic N) is 1. The lowest BCUT2D eigenvalue weighted by molar-refractivity contribution is -0.125. The van der Waals surface area contributed by atoms with Gasteiger partial charge in [0.1, 0.15) is 5.75 Å². The van der Waals surface area contributed by atoms with Crippen LogP contribution in [0, 0.1) is 5.41 Å². The summed E-state index contributed by atoms with van der Waals surface area (Å²) < 4.78 is 29.5. The third kappa shape index (κ3) is 8.35. The predicted octanol–water partition coefficient (Wildman–Crippen LogP) is 3.13. The van der Waals surface area contributed by atoms with Crippen LogP contribution in [0.4, 0.5) is 8.78 Å². The van der Waals surface area contributed by atoms with Crippen LogP contribution in [-0.4, -0.2) is 31.6 Å². The first-order valence-corrected chi connectivity index (χ1v) is 8.09. The quantitative estimate of drug-likeness (QED) is 0.288. The number of nitrogens with one attached hydrogen (secondary N) is 2. The average Bonchev–Trinajstić information content (AvgIpc) is 2.51. The molecule has 0 saturated heterocycles. The molecule has 0 heterocycles. The van der Waals surface area contributed by atoms with E-state index in [4.69, 9.17) is 17.3 Å². The van der Waals surface area contributed by atoms with Crippen molar-refractivity contribution in [2.75, 3.05) is 13.1 Å². The normalized spacial score (nSPS) is 11.7. The number of rotatable bonds is 8. The highest BCUT2D eigenvalue weighted by Gasteiger charge is 2.25. The Labute approximate surface area is 173 Å². The summed E-state index contributed by atoms with van der Waals surface area (Å²) in [5.74, 6) is -0.0189. The van der Waals surface area contributed by atoms with E-state index in [-0.39, 0.29) is 42.8 Å². The standard InChI is InChI=1S/C16H23ClF2N4O2.HI/c1-4-21-15(23-9-16(2,3)13(20)24)22-8-10-7-11(17)5-6-12(10)25-14(18)19;/h5-7,14H,4,8-9H2,1-3H3,(H2,20,24)(H2,21,22,23);1H. The molecular formula is C16H24ClF2IN4O2. The molecule has 0 atom stereocenters. The number of benzene rings is 1. The molecule has 0 bridgehead atoms. The number of aliphatic imine (C=N–C) groups is 1. The Morgan fingerprint density at radius 2 is 2.04 bits per heavy atom. The van der Waals surface area contributed by atoms with E-state index in [2.05, 4.69) is 20.4 Å². The summed E-state index contributed by atoms with van der Waals surface area (Å²) in [4.78, 5) is 15.7. The minimum absolute atomic E-state index is 0. The maximum atomic E-state index is 12.5. The molecule has 1 amide bonds. The fourth-order valence-electron chi connectivity index (χ4n) is 1.78. The first-order valence-electron chi connectivity index (χ1n) is 7.71. The molecule has 0 aliphatic carbocycles. The van der Waals surface area contributed by atoms with Crippen molar-refractivity contribution < 1.29 is 18.3 Å². The van der Waals surface area contributed by atoms with Crippen molar-refractivity contribution >= 4 is 47.4 Å². The number of carbonyl (C=O) groups excluding carboxylic acids is 1. The lowest BCUT2D eigenvalue weighted by Crippen LogP contribution is -2.46. The average molecular weight is 505 g/mol. The van der Waals surface area contributed by atoms with Crippen LogP contribution in [0.5, 0.6) is 5.75 Å². The number of carbonyl (C=O) groups is 1. The zero-order chi connectivity index (χ0) is 19.0. The summed E-state index contributed by atoms with van der Waals surface area (Å²) in [6.45, 7) is 3.26. The molecule has 0 radical (unpaired) electrons. The minimum Gasteiger partial charge on any atom is -0.434 e. The molecule has 0 aliphatic heterocycles. The molecule has 10 heteroatoms. The Kier molecular flexibility index (Phi) is 10.8. The van der Waals surface area contributed by atoms with Crippen LogP contribution < -0.4 is 21.1 Å².